The monoisotopic (exact) mass is 373 g/mol. The van der Waals surface area contributed by atoms with E-state index in [2.05, 4.69) is 15.9 Å². The average molecular weight is 375 g/mol. The fourth-order valence-electron chi connectivity index (χ4n) is 1.61. The highest BCUT2D eigenvalue weighted by Crippen LogP contribution is 2.25. The maximum Gasteiger partial charge on any atom is 0.137 e. The Labute approximate surface area is 134 Å². The lowest BCUT2D eigenvalue weighted by molar-refractivity contribution is 0.305. The lowest BCUT2D eigenvalue weighted by Crippen LogP contribution is -2.11. The van der Waals surface area contributed by atoms with Gasteiger partial charge in [-0.05, 0) is 51.8 Å². The van der Waals surface area contributed by atoms with Gasteiger partial charge in [0.15, 0.2) is 0 Å². The molecule has 0 spiro atoms. The van der Waals surface area contributed by atoms with Crippen LogP contribution in [0.2, 0.25) is 5.02 Å². The molecule has 0 radical (unpaired) electrons. The molecule has 0 saturated carbocycles. The molecule has 2 N–H and O–H groups in total. The smallest absolute Gasteiger partial charge is 0.137 e. The molecule has 2 nitrogen and oxygen atoms in total. The van der Waals surface area contributed by atoms with E-state index in [1.807, 2.05) is 0 Å². The van der Waals surface area contributed by atoms with Gasteiger partial charge in [0.1, 0.15) is 23.2 Å². The van der Waals surface area contributed by atoms with E-state index in [9.17, 15) is 4.39 Å². The highest BCUT2D eigenvalue weighted by Gasteiger charge is 2.08. The summed E-state index contributed by atoms with van der Waals surface area (Å²) in [6.45, 7) is 0.259. The molecule has 20 heavy (non-hydrogen) atoms. The summed E-state index contributed by atoms with van der Waals surface area (Å²) in [5.41, 5.74) is 7.06. The highest BCUT2D eigenvalue weighted by molar-refractivity contribution is 9.10. The summed E-state index contributed by atoms with van der Waals surface area (Å²) in [5.74, 6) is 0.186. The molecule has 0 bridgehead atoms. The van der Waals surface area contributed by atoms with Gasteiger partial charge in [0, 0.05) is 5.02 Å². The molecule has 0 amide bonds. The largest absolute Gasteiger partial charge is 0.488 e. The van der Waals surface area contributed by atoms with Crippen molar-refractivity contribution in [2.45, 2.75) is 6.61 Å². The molecule has 0 aliphatic rings. The average Bonchev–Trinajstić information content (AvgIpc) is 2.40. The standard InChI is InChI=1S/C14H10BrClFNOS/c15-11-5-8(1-4-12(11)17)7-19-13-6-9(16)2-3-10(13)14(18)20/h1-6H,7H2,(H2,18,20). The summed E-state index contributed by atoms with van der Waals surface area (Å²) in [6, 6.07) is 9.72. The van der Waals surface area contributed by atoms with E-state index in [1.54, 1.807) is 30.3 Å². The molecule has 104 valence electrons. The molecule has 0 aromatic heterocycles. The van der Waals surface area contributed by atoms with Crippen molar-refractivity contribution in [1.29, 1.82) is 0 Å². The molecule has 0 aliphatic carbocycles. The van der Waals surface area contributed by atoms with Gasteiger partial charge in [0.2, 0.25) is 0 Å². The van der Waals surface area contributed by atoms with Gasteiger partial charge in [0.05, 0.1) is 10.0 Å². The minimum Gasteiger partial charge on any atom is -0.488 e. The minimum absolute atomic E-state index is 0.233. The molecule has 0 saturated heterocycles. The van der Waals surface area contributed by atoms with Gasteiger partial charge in [-0.15, -0.1) is 0 Å². The molecular formula is C14H10BrClFNOS. The summed E-state index contributed by atoms with van der Waals surface area (Å²) in [6.07, 6.45) is 0. The first-order valence-corrected chi connectivity index (χ1v) is 7.21. The van der Waals surface area contributed by atoms with E-state index in [4.69, 9.17) is 34.3 Å². The number of hydrogen-bond acceptors (Lipinski definition) is 2. The summed E-state index contributed by atoms with van der Waals surface area (Å²) in [7, 11) is 0. The molecule has 2 rings (SSSR count). The molecule has 2 aromatic rings. The van der Waals surface area contributed by atoms with Crippen molar-refractivity contribution in [2.24, 2.45) is 5.73 Å². The predicted molar refractivity (Wildman–Crippen MR) is 85.8 cm³/mol. The molecule has 6 heteroatoms. The van der Waals surface area contributed by atoms with Crippen LogP contribution in [0.15, 0.2) is 40.9 Å². The van der Waals surface area contributed by atoms with Crippen LogP contribution in [-0.4, -0.2) is 4.99 Å². The fraction of sp³-hybridized carbons (Fsp3) is 0.0714. The predicted octanol–water partition coefficient (Wildman–Crippen LogP) is 4.45. The molecule has 0 atom stereocenters. The van der Waals surface area contributed by atoms with Crippen LogP contribution in [0.3, 0.4) is 0 Å². The van der Waals surface area contributed by atoms with E-state index in [-0.39, 0.29) is 17.4 Å². The summed E-state index contributed by atoms with van der Waals surface area (Å²) >= 11 is 14.0. The quantitative estimate of drug-likeness (QED) is 0.803. The SMILES string of the molecule is NC(=S)c1ccc(Cl)cc1OCc1ccc(F)c(Br)c1. The normalized spacial score (nSPS) is 10.3. The number of halogens is 3. The Morgan fingerprint density at radius 3 is 2.70 bits per heavy atom. The Hall–Kier alpha value is -1.17. The summed E-state index contributed by atoms with van der Waals surface area (Å²) in [4.78, 5) is 0.233. The molecular weight excluding hydrogens is 365 g/mol. The molecule has 0 heterocycles. The first kappa shape index (κ1) is 15.2. The summed E-state index contributed by atoms with van der Waals surface area (Å²) < 4.78 is 19.2. The number of thiocarbonyl (C=S) groups is 1. The van der Waals surface area contributed by atoms with Crippen LogP contribution >= 0.6 is 39.7 Å². The van der Waals surface area contributed by atoms with Gasteiger partial charge < -0.3 is 10.5 Å². The zero-order valence-electron chi connectivity index (χ0n) is 10.2. The Morgan fingerprint density at radius 1 is 1.30 bits per heavy atom. The third-order valence-electron chi connectivity index (χ3n) is 2.59. The maximum absolute atomic E-state index is 13.1. The van der Waals surface area contributed by atoms with Crippen molar-refractivity contribution in [3.8, 4) is 5.75 Å². The van der Waals surface area contributed by atoms with Crippen LogP contribution in [0.5, 0.6) is 5.75 Å². The van der Waals surface area contributed by atoms with Crippen LogP contribution in [0.25, 0.3) is 0 Å². The van der Waals surface area contributed by atoms with E-state index in [0.29, 0.717) is 20.8 Å². The van der Waals surface area contributed by atoms with Crippen LogP contribution in [0.4, 0.5) is 4.39 Å². The van der Waals surface area contributed by atoms with Crippen LogP contribution in [-0.2, 0) is 6.61 Å². The van der Waals surface area contributed by atoms with Crippen LogP contribution in [0.1, 0.15) is 11.1 Å². The number of benzene rings is 2. The highest BCUT2D eigenvalue weighted by atomic mass is 79.9. The van der Waals surface area contributed by atoms with Gasteiger partial charge in [-0.25, -0.2) is 4.39 Å². The van der Waals surface area contributed by atoms with E-state index < -0.39 is 0 Å². The van der Waals surface area contributed by atoms with Crippen LogP contribution < -0.4 is 10.5 Å². The zero-order valence-corrected chi connectivity index (χ0v) is 13.4. The van der Waals surface area contributed by atoms with E-state index in [1.165, 1.54) is 6.07 Å². The second-order valence-electron chi connectivity index (χ2n) is 4.04. The Bertz CT molecular complexity index is 666. The fourth-order valence-corrected chi connectivity index (χ4v) is 2.37. The third-order valence-corrected chi connectivity index (χ3v) is 3.65. The van der Waals surface area contributed by atoms with Gasteiger partial charge in [-0.2, -0.15) is 0 Å². The molecule has 2 aromatic carbocycles. The molecule has 0 aliphatic heterocycles. The topological polar surface area (TPSA) is 35.2 Å². The number of nitrogens with two attached hydrogens (primary N) is 1. The van der Waals surface area contributed by atoms with Crippen molar-refractivity contribution in [2.75, 3.05) is 0 Å². The Balaban J connectivity index is 2.20. The van der Waals surface area contributed by atoms with Crippen molar-refractivity contribution >= 4 is 44.7 Å². The second-order valence-corrected chi connectivity index (χ2v) is 5.77. The first-order valence-electron chi connectivity index (χ1n) is 5.63. The second kappa shape index (κ2) is 6.52. The van der Waals surface area contributed by atoms with Crippen molar-refractivity contribution in [1.82, 2.24) is 0 Å². The lowest BCUT2D eigenvalue weighted by atomic mass is 10.2. The number of ether oxygens (including phenoxy) is 1. The Morgan fingerprint density at radius 2 is 2.05 bits per heavy atom. The molecule has 0 fully saturated rings. The Kier molecular flexibility index (Phi) is 4.96. The van der Waals surface area contributed by atoms with Gasteiger partial charge >= 0.3 is 0 Å². The van der Waals surface area contributed by atoms with Crippen LogP contribution in [0, 0.1) is 5.82 Å². The van der Waals surface area contributed by atoms with Crippen molar-refractivity contribution in [3.05, 3.63) is 62.8 Å². The van der Waals surface area contributed by atoms with Gasteiger partial charge in [-0.1, -0.05) is 29.9 Å². The first-order chi connectivity index (χ1) is 9.47. The lowest BCUT2D eigenvalue weighted by Gasteiger charge is -2.11. The summed E-state index contributed by atoms with van der Waals surface area (Å²) in [5, 5.41) is 0.528. The van der Waals surface area contributed by atoms with Crippen molar-refractivity contribution in [3.63, 3.8) is 0 Å². The molecule has 0 unspecified atom stereocenters. The van der Waals surface area contributed by atoms with Gasteiger partial charge in [-0.3, -0.25) is 0 Å². The minimum atomic E-state index is -0.319. The van der Waals surface area contributed by atoms with Gasteiger partial charge in [0.25, 0.3) is 0 Å². The maximum atomic E-state index is 13.1. The van der Waals surface area contributed by atoms with E-state index in [0.717, 1.165) is 5.56 Å². The van der Waals surface area contributed by atoms with Crippen molar-refractivity contribution < 1.29 is 9.13 Å². The number of rotatable bonds is 4. The third kappa shape index (κ3) is 3.69. The van der Waals surface area contributed by atoms with E-state index >= 15 is 0 Å². The number of hydrogen-bond donors (Lipinski definition) is 1. The zero-order chi connectivity index (χ0) is 14.7.